The first-order chi connectivity index (χ1) is 28.5. The Morgan fingerprint density at radius 1 is 0.397 bits per heavy atom. The fourth-order valence-corrected chi connectivity index (χ4v) is 9.73. The van der Waals surface area contributed by atoms with Crippen LogP contribution >= 0.6 is 0 Å². The number of nitrogens with zero attached hydrogens (tertiary/aromatic N) is 1. The number of furan rings is 1. The van der Waals surface area contributed by atoms with E-state index in [9.17, 15) is 0 Å². The van der Waals surface area contributed by atoms with Crippen LogP contribution in [0.5, 0.6) is 11.5 Å². The van der Waals surface area contributed by atoms with E-state index in [1.54, 1.807) is 0 Å². The third kappa shape index (κ3) is 4.74. The summed E-state index contributed by atoms with van der Waals surface area (Å²) in [5, 5.41) is 4.40. The highest BCUT2D eigenvalue weighted by Gasteiger charge is 2.39. The summed E-state index contributed by atoms with van der Waals surface area (Å²) >= 11 is 0. The quantitative estimate of drug-likeness (QED) is 0.176. The molecule has 12 rings (SSSR count). The van der Waals surface area contributed by atoms with Gasteiger partial charge in [0.2, 0.25) is 0 Å². The van der Waals surface area contributed by atoms with Gasteiger partial charge in [-0.3, -0.25) is 0 Å². The molecule has 0 spiro atoms. The van der Waals surface area contributed by atoms with Gasteiger partial charge in [-0.15, -0.1) is 0 Å². The lowest BCUT2D eigenvalue weighted by Gasteiger charge is -2.31. The van der Waals surface area contributed by atoms with Crippen molar-refractivity contribution < 1.29 is 9.15 Å². The van der Waals surface area contributed by atoms with Crippen molar-refractivity contribution in [3.05, 3.63) is 199 Å². The molecule has 0 radical (unpaired) electrons. The van der Waals surface area contributed by atoms with Crippen LogP contribution in [0.4, 0.5) is 17.1 Å². The molecule has 0 N–H and O–H groups in total. The van der Waals surface area contributed by atoms with Gasteiger partial charge in [-0.1, -0.05) is 147 Å². The van der Waals surface area contributed by atoms with E-state index in [4.69, 9.17) is 9.15 Å². The molecule has 10 aromatic rings. The van der Waals surface area contributed by atoms with Crippen molar-refractivity contribution in [3.8, 4) is 56.0 Å². The summed E-state index contributed by atoms with van der Waals surface area (Å²) in [6, 6.07) is 67.6. The molecule has 9 aromatic carbocycles. The van der Waals surface area contributed by atoms with Crippen molar-refractivity contribution in [2.75, 3.05) is 4.90 Å². The molecule has 274 valence electrons. The number of anilines is 3. The zero-order valence-electron chi connectivity index (χ0n) is 32.2. The van der Waals surface area contributed by atoms with Crippen LogP contribution in [0.15, 0.2) is 192 Å². The highest BCUT2D eigenvalue weighted by Crippen LogP contribution is 2.58. The van der Waals surface area contributed by atoms with Gasteiger partial charge in [-0.2, -0.15) is 0 Å². The first-order valence-electron chi connectivity index (χ1n) is 20.0. The fraction of sp³-hybridized carbons (Fsp3) is 0.0545. The lowest BCUT2D eigenvalue weighted by Crippen LogP contribution is -2.16. The van der Waals surface area contributed by atoms with Gasteiger partial charge >= 0.3 is 0 Å². The Balaban J connectivity index is 1.14. The molecule has 1 aromatic heterocycles. The molecule has 2 aliphatic rings. The van der Waals surface area contributed by atoms with Gasteiger partial charge in [0.15, 0.2) is 0 Å². The van der Waals surface area contributed by atoms with Crippen molar-refractivity contribution in [1.29, 1.82) is 0 Å². The maximum Gasteiger partial charge on any atom is 0.137 e. The first kappa shape index (κ1) is 32.8. The molecule has 1 aliphatic heterocycles. The Hall–Kier alpha value is -7.36. The van der Waals surface area contributed by atoms with E-state index in [1.807, 2.05) is 6.07 Å². The average Bonchev–Trinajstić information content (AvgIpc) is 3.77. The van der Waals surface area contributed by atoms with Gasteiger partial charge in [-0.25, -0.2) is 0 Å². The molecule has 58 heavy (non-hydrogen) atoms. The normalized spacial score (nSPS) is 13.3. The van der Waals surface area contributed by atoms with E-state index in [2.05, 4.69) is 201 Å². The lowest BCUT2D eigenvalue weighted by atomic mass is 9.82. The summed E-state index contributed by atoms with van der Waals surface area (Å²) in [7, 11) is 0. The number of hydrogen-bond acceptors (Lipinski definition) is 3. The van der Waals surface area contributed by atoms with Crippen molar-refractivity contribution in [1.82, 2.24) is 0 Å². The van der Waals surface area contributed by atoms with Gasteiger partial charge in [-0.05, 0) is 99.1 Å². The van der Waals surface area contributed by atoms with Gasteiger partial charge in [0, 0.05) is 32.7 Å². The Morgan fingerprint density at radius 2 is 1.07 bits per heavy atom. The van der Waals surface area contributed by atoms with Crippen LogP contribution in [0.3, 0.4) is 0 Å². The summed E-state index contributed by atoms with van der Waals surface area (Å²) in [5.74, 6) is 1.73. The Morgan fingerprint density at radius 3 is 1.90 bits per heavy atom. The summed E-state index contributed by atoms with van der Waals surface area (Å²) in [4.78, 5) is 2.49. The topological polar surface area (TPSA) is 25.6 Å². The number of ether oxygens (including phenoxy) is 1. The van der Waals surface area contributed by atoms with Crippen LogP contribution in [0.2, 0.25) is 0 Å². The number of hydrogen-bond donors (Lipinski definition) is 0. The van der Waals surface area contributed by atoms with Gasteiger partial charge in [0.05, 0.1) is 22.4 Å². The van der Waals surface area contributed by atoms with Crippen molar-refractivity contribution >= 4 is 49.8 Å². The fourth-order valence-electron chi connectivity index (χ4n) is 9.73. The number of para-hydroxylation sites is 1. The second-order valence-corrected chi connectivity index (χ2v) is 16.0. The molecule has 0 bridgehead atoms. The maximum atomic E-state index is 6.84. The zero-order chi connectivity index (χ0) is 38.5. The molecule has 3 heteroatoms. The molecular weight excluding hydrogens is 707 g/mol. The minimum Gasteiger partial charge on any atom is -0.456 e. The summed E-state index contributed by atoms with van der Waals surface area (Å²) in [5.41, 5.74) is 16.9. The largest absolute Gasteiger partial charge is 0.456 e. The molecule has 0 atom stereocenters. The van der Waals surface area contributed by atoms with Crippen LogP contribution in [0.25, 0.3) is 77.2 Å². The van der Waals surface area contributed by atoms with E-state index < -0.39 is 0 Å². The van der Waals surface area contributed by atoms with Crippen molar-refractivity contribution in [2.24, 2.45) is 0 Å². The Labute approximate surface area is 337 Å². The van der Waals surface area contributed by atoms with Crippen LogP contribution in [0.1, 0.15) is 25.0 Å². The maximum absolute atomic E-state index is 6.84. The Bertz CT molecular complexity index is 3280. The minimum absolute atomic E-state index is 0.202. The van der Waals surface area contributed by atoms with Gasteiger partial charge in [0.1, 0.15) is 22.7 Å². The smallest absolute Gasteiger partial charge is 0.137 e. The van der Waals surface area contributed by atoms with Gasteiger partial charge < -0.3 is 14.1 Å². The lowest BCUT2D eigenvalue weighted by molar-refractivity contribution is 0.487. The third-order valence-corrected chi connectivity index (χ3v) is 12.5. The second-order valence-electron chi connectivity index (χ2n) is 16.0. The molecule has 1 aliphatic carbocycles. The molecule has 0 saturated carbocycles. The van der Waals surface area contributed by atoms with E-state index >= 15 is 0 Å². The van der Waals surface area contributed by atoms with E-state index in [0.717, 1.165) is 72.4 Å². The van der Waals surface area contributed by atoms with Crippen molar-refractivity contribution in [3.63, 3.8) is 0 Å². The zero-order valence-corrected chi connectivity index (χ0v) is 32.2. The molecule has 3 nitrogen and oxygen atoms in total. The highest BCUT2D eigenvalue weighted by atomic mass is 16.5. The molecular formula is C55H37NO2. The van der Waals surface area contributed by atoms with E-state index in [0.29, 0.717) is 0 Å². The number of fused-ring (bicyclic) bond motifs is 8. The van der Waals surface area contributed by atoms with Crippen LogP contribution in [-0.4, -0.2) is 0 Å². The standard InChI is InChI=1S/C55H37NO2/c1-55(2)43-29-27-36(34-14-5-3-6-15-34)32-42(43)53-44(55)21-12-22-46(53)56(47-23-13-25-49-54(47)41-18-9-10-24-48(41)57-49)45-30-31-50-52-39(19-11-20-40(45)52)38-28-26-37(33-51(38)58-50)35-16-7-4-8-17-35/h3-33H,1-2H3. The van der Waals surface area contributed by atoms with E-state index in [1.165, 1.54) is 44.5 Å². The highest BCUT2D eigenvalue weighted by molar-refractivity contribution is 6.17. The van der Waals surface area contributed by atoms with Gasteiger partial charge in [0.25, 0.3) is 0 Å². The van der Waals surface area contributed by atoms with Crippen LogP contribution in [-0.2, 0) is 5.41 Å². The summed E-state index contributed by atoms with van der Waals surface area (Å²) < 4.78 is 13.4. The second kappa shape index (κ2) is 12.3. The molecule has 0 saturated heterocycles. The molecule has 0 amide bonds. The SMILES string of the molecule is CC1(C)c2ccc(-c3ccccc3)cc2-c2c(N(c3ccc4c5c(cccc35)-c3ccc(-c5ccccc5)cc3O4)c3cccc4oc5ccccc5c34)cccc21. The molecule has 0 fully saturated rings. The number of rotatable bonds is 5. The number of benzene rings is 9. The predicted octanol–water partition coefficient (Wildman–Crippen LogP) is 15.6. The Kier molecular flexibility index (Phi) is 6.98. The summed E-state index contributed by atoms with van der Waals surface area (Å²) in [6.45, 7) is 4.72. The monoisotopic (exact) mass is 743 g/mol. The molecule has 2 heterocycles. The van der Waals surface area contributed by atoms with Crippen LogP contribution in [0, 0.1) is 0 Å². The van der Waals surface area contributed by atoms with Crippen LogP contribution < -0.4 is 9.64 Å². The first-order valence-corrected chi connectivity index (χ1v) is 20.0. The summed E-state index contributed by atoms with van der Waals surface area (Å²) in [6.07, 6.45) is 0. The van der Waals surface area contributed by atoms with Crippen molar-refractivity contribution in [2.45, 2.75) is 19.3 Å². The minimum atomic E-state index is -0.202. The average molecular weight is 744 g/mol. The third-order valence-electron chi connectivity index (χ3n) is 12.5. The van der Waals surface area contributed by atoms with E-state index in [-0.39, 0.29) is 5.41 Å². The molecule has 0 unspecified atom stereocenters. The predicted molar refractivity (Wildman–Crippen MR) is 240 cm³/mol.